The Balaban J connectivity index is 1.34. The van der Waals surface area contributed by atoms with Gasteiger partial charge in [-0.25, -0.2) is 22.7 Å². The van der Waals surface area contributed by atoms with Gasteiger partial charge in [-0.3, -0.25) is 9.59 Å². The van der Waals surface area contributed by atoms with Gasteiger partial charge in [0.05, 0.1) is 47.7 Å². The van der Waals surface area contributed by atoms with Crippen molar-refractivity contribution in [2.24, 2.45) is 16.7 Å². The molecule has 0 amide bonds. The molecule has 1 aliphatic heterocycles. The van der Waals surface area contributed by atoms with Crippen molar-refractivity contribution in [3.05, 3.63) is 107 Å². The minimum atomic E-state index is -4.41. The number of ether oxygens (including phenoxy) is 5. The highest BCUT2D eigenvalue weighted by molar-refractivity contribution is 7.89. The number of esters is 3. The van der Waals surface area contributed by atoms with Gasteiger partial charge < -0.3 is 44.1 Å². The van der Waals surface area contributed by atoms with Crippen molar-refractivity contribution < 1.29 is 71.7 Å². The first-order valence-electron chi connectivity index (χ1n) is 20.1. The first-order valence-corrected chi connectivity index (χ1v) is 21.6. The Hall–Kier alpha value is -5.01. The molecule has 3 fully saturated rings. The fraction of sp³-hybridized carbons (Fsp3) is 0.467. The summed E-state index contributed by atoms with van der Waals surface area (Å²) < 4.78 is 59.1. The predicted octanol–water partition coefficient (Wildman–Crippen LogP) is 2.72. The molecule has 0 radical (unpaired) electrons. The van der Waals surface area contributed by atoms with E-state index in [4.69, 9.17) is 23.7 Å². The molecule has 1 saturated heterocycles. The molecule has 3 aliphatic carbocycles. The van der Waals surface area contributed by atoms with Crippen LogP contribution in [0.25, 0.3) is 0 Å². The number of methoxy groups -OCH3 is 1. The summed E-state index contributed by atoms with van der Waals surface area (Å²) in [4.78, 5) is 56.1. The number of aliphatic hydroxyl groups is 4. The minimum Gasteiger partial charge on any atom is -0.497 e. The fourth-order valence-corrected chi connectivity index (χ4v) is 11.3. The zero-order valence-electron chi connectivity index (χ0n) is 35.0. The lowest BCUT2D eigenvalue weighted by Crippen LogP contribution is -2.81. The van der Waals surface area contributed by atoms with Gasteiger partial charge in [0.25, 0.3) is 0 Å². The maximum Gasteiger partial charge on any atom is 0.338 e. The standard InChI is InChI=1S/C45H51NO15S/c1-24-30(59-41(53)36(50)34(26-13-9-7-10-14-26)46-62(55,56)29-19-17-28(57-6)18-20-29)22-45(54)39(60-40(52)27-15-11-8-12-16-27)37-43(5,38(51)35(49)33(24)42(45,3)4)31(48)21-32-44(37,23-58-32)61-25(2)47/h7-20,30-32,34-37,39,46,48-50,54H,21-23H2,1-6H3/t30-,31-,32+,34-,35+,36+,37-,39-,43+,44-,45+/m0/s1. The fourth-order valence-electron chi connectivity index (χ4n) is 10.1. The molecular weight excluding hydrogens is 827 g/mol. The van der Waals surface area contributed by atoms with Crippen LogP contribution in [-0.2, 0) is 43.4 Å². The maximum absolute atomic E-state index is 15.0. The molecule has 1 heterocycles. The first-order chi connectivity index (χ1) is 29.1. The molecule has 332 valence electrons. The van der Waals surface area contributed by atoms with Gasteiger partial charge in [-0.1, -0.05) is 62.4 Å². The van der Waals surface area contributed by atoms with Gasteiger partial charge in [0, 0.05) is 25.2 Å². The number of hydrogen-bond donors (Lipinski definition) is 5. The van der Waals surface area contributed by atoms with Crippen molar-refractivity contribution in [2.75, 3.05) is 13.7 Å². The third-order valence-electron chi connectivity index (χ3n) is 13.5. The average Bonchev–Trinajstić information content (AvgIpc) is 3.24. The number of sulfonamides is 1. The zero-order valence-corrected chi connectivity index (χ0v) is 35.8. The smallest absolute Gasteiger partial charge is 0.338 e. The molecule has 2 bridgehead atoms. The second kappa shape index (κ2) is 16.3. The van der Waals surface area contributed by atoms with Gasteiger partial charge in [-0.2, -0.15) is 0 Å². The number of ketones is 1. The van der Waals surface area contributed by atoms with E-state index in [-0.39, 0.29) is 40.2 Å². The number of carbonyl (C=O) groups is 4. The van der Waals surface area contributed by atoms with Crippen molar-refractivity contribution in [1.82, 2.24) is 4.72 Å². The van der Waals surface area contributed by atoms with Crippen LogP contribution in [0.2, 0.25) is 0 Å². The van der Waals surface area contributed by atoms with E-state index in [1.54, 1.807) is 36.4 Å². The van der Waals surface area contributed by atoms with Crippen molar-refractivity contribution in [2.45, 2.75) is 106 Å². The van der Waals surface area contributed by atoms with Crippen LogP contribution < -0.4 is 9.46 Å². The molecule has 3 aromatic carbocycles. The van der Waals surface area contributed by atoms with Gasteiger partial charge >= 0.3 is 17.9 Å². The number of hydrogen-bond acceptors (Lipinski definition) is 15. The first kappa shape index (κ1) is 45.0. The molecule has 0 aromatic heterocycles. The van der Waals surface area contributed by atoms with E-state index in [1.807, 2.05) is 0 Å². The number of Topliss-reactive ketones (excluding diaryl/α,β-unsaturated/α-hetero) is 1. The number of benzene rings is 3. The van der Waals surface area contributed by atoms with Crippen LogP contribution in [0.4, 0.5) is 0 Å². The van der Waals surface area contributed by atoms with E-state index < -0.39 is 111 Å². The third-order valence-corrected chi connectivity index (χ3v) is 15.0. The van der Waals surface area contributed by atoms with Crippen molar-refractivity contribution in [1.29, 1.82) is 0 Å². The minimum absolute atomic E-state index is 0.0567. The summed E-state index contributed by atoms with van der Waals surface area (Å²) in [6.07, 6.45) is -11.0. The van der Waals surface area contributed by atoms with E-state index in [0.29, 0.717) is 5.75 Å². The third kappa shape index (κ3) is 7.22. The van der Waals surface area contributed by atoms with Gasteiger partial charge in [-0.05, 0) is 67.0 Å². The molecular formula is C45H51NO15S. The Bertz CT molecular complexity index is 2370. The topological polar surface area (TPSA) is 242 Å². The summed E-state index contributed by atoms with van der Waals surface area (Å²) in [5.74, 6) is -5.20. The van der Waals surface area contributed by atoms with Crippen LogP contribution in [-0.4, -0.2) is 114 Å². The molecule has 0 unspecified atom stereocenters. The Morgan fingerprint density at radius 2 is 1.53 bits per heavy atom. The Labute approximate surface area is 358 Å². The number of nitrogens with one attached hydrogen (secondary N) is 1. The normalized spacial score (nSPS) is 32.3. The molecule has 62 heavy (non-hydrogen) atoms. The van der Waals surface area contributed by atoms with Crippen LogP contribution in [0.5, 0.6) is 5.75 Å². The highest BCUT2D eigenvalue weighted by Crippen LogP contribution is 2.64. The molecule has 17 heteroatoms. The Kier molecular flexibility index (Phi) is 11.8. The molecule has 11 atom stereocenters. The van der Waals surface area contributed by atoms with Crippen LogP contribution in [0, 0.1) is 16.7 Å². The number of fused-ring (bicyclic) bond motifs is 5. The van der Waals surface area contributed by atoms with E-state index in [1.165, 1.54) is 83.3 Å². The monoisotopic (exact) mass is 877 g/mol. The van der Waals surface area contributed by atoms with Crippen molar-refractivity contribution in [3.8, 4) is 5.75 Å². The molecule has 4 aliphatic rings. The van der Waals surface area contributed by atoms with Gasteiger partial charge in [-0.15, -0.1) is 0 Å². The highest BCUT2D eigenvalue weighted by atomic mass is 32.2. The average molecular weight is 878 g/mol. The maximum atomic E-state index is 15.0. The van der Waals surface area contributed by atoms with Gasteiger partial charge in [0.15, 0.2) is 17.5 Å². The summed E-state index contributed by atoms with van der Waals surface area (Å²) in [6.45, 7) is 6.71. The second-order valence-electron chi connectivity index (χ2n) is 17.2. The van der Waals surface area contributed by atoms with Crippen LogP contribution in [0.3, 0.4) is 0 Å². The Morgan fingerprint density at radius 3 is 2.10 bits per heavy atom. The molecule has 0 spiro atoms. The molecule has 7 rings (SSSR count). The predicted molar refractivity (Wildman–Crippen MR) is 218 cm³/mol. The van der Waals surface area contributed by atoms with E-state index >= 15 is 4.79 Å². The summed E-state index contributed by atoms with van der Waals surface area (Å²) in [6, 6.07) is 19.4. The lowest BCUT2D eigenvalue weighted by Gasteiger charge is -2.67. The molecule has 2 saturated carbocycles. The van der Waals surface area contributed by atoms with Gasteiger partial charge in [0.2, 0.25) is 10.0 Å². The van der Waals surface area contributed by atoms with Crippen LogP contribution >= 0.6 is 0 Å². The van der Waals surface area contributed by atoms with Crippen LogP contribution in [0.1, 0.15) is 69.4 Å². The lowest BCUT2D eigenvalue weighted by atomic mass is 9.44. The van der Waals surface area contributed by atoms with Crippen LogP contribution in [0.15, 0.2) is 101 Å². The summed E-state index contributed by atoms with van der Waals surface area (Å²) >= 11 is 0. The van der Waals surface area contributed by atoms with E-state index in [0.717, 1.165) is 6.92 Å². The van der Waals surface area contributed by atoms with E-state index in [2.05, 4.69) is 4.72 Å². The number of aliphatic hydroxyl groups excluding tert-OH is 3. The summed E-state index contributed by atoms with van der Waals surface area (Å²) in [7, 11) is -2.99. The Morgan fingerprint density at radius 1 is 0.919 bits per heavy atom. The van der Waals surface area contributed by atoms with Gasteiger partial charge in [0.1, 0.15) is 35.8 Å². The quantitative estimate of drug-likeness (QED) is 0.106. The van der Waals surface area contributed by atoms with E-state index in [9.17, 15) is 43.2 Å². The zero-order chi connectivity index (χ0) is 45.2. The number of rotatable bonds is 11. The SMILES string of the molecule is COc1ccc(S(=O)(=O)N[C@@H](c2ccccc2)[C@@H](O)C(=O)O[C@H]2C[C@@]3(O)[C@@H](OC(=O)c4ccccc4)[C@@H]4[C@]5(OC(C)=O)CO[C@@H]5C[C@H](O)[C@@]4(C)C(=O)[C@H](O)C(=C2C)C3(C)C)cc1. The molecule has 5 N–H and O–H groups in total. The summed E-state index contributed by atoms with van der Waals surface area (Å²) in [5.41, 5.74) is -7.65. The second-order valence-corrected chi connectivity index (χ2v) is 18.9. The largest absolute Gasteiger partial charge is 0.497 e. The van der Waals surface area contributed by atoms with Crippen molar-refractivity contribution in [3.63, 3.8) is 0 Å². The lowest BCUT2D eigenvalue weighted by molar-refractivity contribution is -0.346. The molecule has 3 aromatic rings. The molecule has 16 nitrogen and oxygen atoms in total. The number of carbonyl (C=O) groups excluding carboxylic acids is 4. The van der Waals surface area contributed by atoms with Crippen molar-refractivity contribution >= 4 is 33.7 Å². The summed E-state index contributed by atoms with van der Waals surface area (Å²) in [5, 5.41) is 49.3. The highest BCUT2D eigenvalue weighted by Gasteiger charge is 2.78.